The van der Waals surface area contributed by atoms with Crippen LogP contribution in [-0.4, -0.2) is 19.1 Å². The van der Waals surface area contributed by atoms with E-state index in [0.29, 0.717) is 0 Å². The van der Waals surface area contributed by atoms with Crippen LogP contribution < -0.4 is 0 Å². The van der Waals surface area contributed by atoms with Crippen molar-refractivity contribution in [1.29, 1.82) is 0 Å². The lowest BCUT2D eigenvalue weighted by molar-refractivity contribution is 1.08. The molecule has 0 saturated heterocycles. The Morgan fingerprint density at radius 3 is 1.89 bits per heavy atom. The van der Waals surface area contributed by atoms with E-state index in [2.05, 4.69) is 191 Å². The minimum absolute atomic E-state index is 0.811. The Morgan fingerprint density at radius 2 is 1.02 bits per heavy atom. The summed E-state index contributed by atoms with van der Waals surface area (Å²) < 4.78 is 4.77. The van der Waals surface area contributed by atoms with E-state index in [1.54, 1.807) is 0 Å². The van der Waals surface area contributed by atoms with Gasteiger partial charge in [-0.15, -0.1) is 0 Å². The molecule has 0 unspecified atom stereocenters. The first-order chi connectivity index (χ1) is 27.8. The van der Waals surface area contributed by atoms with Crippen molar-refractivity contribution >= 4 is 76.2 Å². The van der Waals surface area contributed by atoms with Crippen molar-refractivity contribution < 1.29 is 0 Å². The van der Waals surface area contributed by atoms with E-state index in [-0.39, 0.29) is 0 Å². The normalized spacial score (nSPS) is 11.9. The molecule has 0 aliphatic rings. The van der Waals surface area contributed by atoms with Gasteiger partial charge in [-0.2, -0.15) is 0 Å². The van der Waals surface area contributed by atoms with Gasteiger partial charge in [0.15, 0.2) is 5.82 Å². The summed E-state index contributed by atoms with van der Waals surface area (Å²) in [5.41, 5.74) is 11.7. The quantitative estimate of drug-likeness (QED) is 0.182. The van der Waals surface area contributed by atoms with Gasteiger partial charge in [0.1, 0.15) is 5.69 Å². The van der Waals surface area contributed by atoms with Crippen molar-refractivity contribution in [3.63, 3.8) is 0 Å². The van der Waals surface area contributed by atoms with Crippen LogP contribution in [0.25, 0.3) is 110 Å². The van der Waals surface area contributed by atoms with Gasteiger partial charge in [0.2, 0.25) is 0 Å². The maximum absolute atomic E-state index is 5.51. The monoisotopic (exact) mass is 712 g/mol. The molecule has 3 aromatic heterocycles. The molecule has 0 saturated carbocycles. The van der Waals surface area contributed by atoms with Crippen LogP contribution in [0.15, 0.2) is 194 Å². The predicted molar refractivity (Wildman–Crippen MR) is 234 cm³/mol. The lowest BCUT2D eigenvalue weighted by Gasteiger charge is -2.15. The maximum atomic E-state index is 5.51. The molecular formula is C52H32N4. The van der Waals surface area contributed by atoms with Gasteiger partial charge in [-0.1, -0.05) is 146 Å². The molecule has 260 valence electrons. The van der Waals surface area contributed by atoms with E-state index in [0.717, 1.165) is 50.4 Å². The third-order valence-electron chi connectivity index (χ3n) is 11.5. The van der Waals surface area contributed by atoms with Crippen molar-refractivity contribution in [2.75, 3.05) is 0 Å². The highest BCUT2D eigenvalue weighted by Crippen LogP contribution is 2.43. The predicted octanol–water partition coefficient (Wildman–Crippen LogP) is 13.5. The van der Waals surface area contributed by atoms with E-state index in [1.807, 2.05) is 12.1 Å². The highest BCUT2D eigenvalue weighted by Gasteiger charge is 2.23. The molecule has 0 atom stereocenters. The standard InChI is InChI=1S/C52H32N4/c1-2-16-38(17-3-1)55-46-23-11-8-19-43(46)49-39(20-12-24-47(49)55)36-28-29-41-42-30-27-34-14-6-7-18-40(34)51(42)56(48(41)32-36)52-50(53-44-21-9-10-22-45(44)54-52)37-26-25-33-13-4-5-15-35(33)31-37/h1-32H. The molecule has 0 aliphatic heterocycles. The number of nitrogens with zero attached hydrogens (tertiary/aromatic N) is 4. The SMILES string of the molecule is c1ccc(-n2c3ccccc3c3c(-c4ccc5c6ccc7ccccc7c6n(-c6nc7ccccc7nc6-c6ccc7ccccc7c6)c5c4)cccc32)cc1. The highest BCUT2D eigenvalue weighted by atomic mass is 15.1. The van der Waals surface area contributed by atoms with Crippen LogP contribution in [-0.2, 0) is 0 Å². The van der Waals surface area contributed by atoms with Crippen LogP contribution in [0, 0.1) is 0 Å². The molecule has 0 spiro atoms. The average molecular weight is 713 g/mol. The minimum Gasteiger partial charge on any atom is -0.309 e. The Balaban J connectivity index is 1.20. The molecule has 4 heteroatoms. The van der Waals surface area contributed by atoms with Gasteiger partial charge in [0, 0.05) is 38.2 Å². The number of hydrogen-bond acceptors (Lipinski definition) is 2. The van der Waals surface area contributed by atoms with Gasteiger partial charge in [0.25, 0.3) is 0 Å². The van der Waals surface area contributed by atoms with E-state index in [4.69, 9.17) is 9.97 Å². The Bertz CT molecular complexity index is 3540. The second-order valence-corrected chi connectivity index (χ2v) is 14.6. The van der Waals surface area contributed by atoms with Gasteiger partial charge in [-0.3, -0.25) is 4.57 Å². The first-order valence-corrected chi connectivity index (χ1v) is 19.1. The second-order valence-electron chi connectivity index (χ2n) is 14.6. The van der Waals surface area contributed by atoms with Crippen molar-refractivity contribution in [1.82, 2.24) is 19.1 Å². The Hall–Kier alpha value is -7.56. The molecule has 56 heavy (non-hydrogen) atoms. The number of hydrogen-bond donors (Lipinski definition) is 0. The zero-order valence-electron chi connectivity index (χ0n) is 30.3. The topological polar surface area (TPSA) is 35.6 Å². The summed E-state index contributed by atoms with van der Waals surface area (Å²) in [5.74, 6) is 0.811. The van der Waals surface area contributed by atoms with Gasteiger partial charge in [-0.05, 0) is 75.8 Å². The van der Waals surface area contributed by atoms with Crippen molar-refractivity contribution in [2.24, 2.45) is 0 Å². The van der Waals surface area contributed by atoms with Crippen LogP contribution >= 0.6 is 0 Å². The van der Waals surface area contributed by atoms with Crippen LogP contribution in [0.4, 0.5) is 0 Å². The maximum Gasteiger partial charge on any atom is 0.165 e. The Morgan fingerprint density at radius 1 is 0.357 bits per heavy atom. The van der Waals surface area contributed by atoms with E-state index in [9.17, 15) is 0 Å². The molecule has 3 heterocycles. The fourth-order valence-electron chi connectivity index (χ4n) is 8.96. The lowest BCUT2D eigenvalue weighted by Crippen LogP contribution is -2.04. The fraction of sp³-hybridized carbons (Fsp3) is 0. The zero-order chi connectivity index (χ0) is 36.7. The fourth-order valence-corrected chi connectivity index (χ4v) is 8.96. The van der Waals surface area contributed by atoms with Crippen LogP contribution in [0.3, 0.4) is 0 Å². The molecule has 0 bridgehead atoms. The van der Waals surface area contributed by atoms with E-state index >= 15 is 0 Å². The lowest BCUT2D eigenvalue weighted by atomic mass is 9.98. The highest BCUT2D eigenvalue weighted by molar-refractivity contribution is 6.20. The summed E-state index contributed by atoms with van der Waals surface area (Å²) in [4.78, 5) is 10.9. The Labute approximate surface area is 322 Å². The van der Waals surface area contributed by atoms with Gasteiger partial charge in [0.05, 0.1) is 33.1 Å². The van der Waals surface area contributed by atoms with Crippen LogP contribution in [0.1, 0.15) is 0 Å². The molecule has 0 N–H and O–H groups in total. The summed E-state index contributed by atoms with van der Waals surface area (Å²) in [6.45, 7) is 0. The second kappa shape index (κ2) is 12.0. The molecule has 4 nitrogen and oxygen atoms in total. The smallest absolute Gasteiger partial charge is 0.165 e. The zero-order valence-corrected chi connectivity index (χ0v) is 30.3. The number of benzene rings is 9. The Kier molecular flexibility index (Phi) is 6.60. The average Bonchev–Trinajstić information content (AvgIpc) is 3.79. The molecule has 9 aromatic carbocycles. The van der Waals surface area contributed by atoms with Crippen molar-refractivity contribution in [3.8, 4) is 33.9 Å². The summed E-state index contributed by atoms with van der Waals surface area (Å²) >= 11 is 0. The molecule has 0 fully saturated rings. The number of rotatable bonds is 4. The summed E-state index contributed by atoms with van der Waals surface area (Å²) in [6.07, 6.45) is 0. The van der Waals surface area contributed by atoms with Gasteiger partial charge >= 0.3 is 0 Å². The number of para-hydroxylation sites is 4. The third-order valence-corrected chi connectivity index (χ3v) is 11.5. The number of aromatic nitrogens is 4. The van der Waals surface area contributed by atoms with Crippen LogP contribution in [0.5, 0.6) is 0 Å². The van der Waals surface area contributed by atoms with E-state index < -0.39 is 0 Å². The molecule has 0 amide bonds. The largest absolute Gasteiger partial charge is 0.309 e. The van der Waals surface area contributed by atoms with Crippen molar-refractivity contribution in [2.45, 2.75) is 0 Å². The number of fused-ring (bicyclic) bond motifs is 10. The molecule has 12 rings (SSSR count). The first kappa shape index (κ1) is 30.9. The molecule has 12 aromatic rings. The molecule has 0 radical (unpaired) electrons. The molecule has 0 aliphatic carbocycles. The van der Waals surface area contributed by atoms with E-state index in [1.165, 1.54) is 59.7 Å². The van der Waals surface area contributed by atoms with Crippen molar-refractivity contribution in [3.05, 3.63) is 194 Å². The minimum atomic E-state index is 0.811. The summed E-state index contributed by atoms with van der Waals surface area (Å²) in [7, 11) is 0. The van der Waals surface area contributed by atoms with Gasteiger partial charge < -0.3 is 4.57 Å². The molecular weight excluding hydrogens is 681 g/mol. The van der Waals surface area contributed by atoms with Gasteiger partial charge in [-0.25, -0.2) is 9.97 Å². The van der Waals surface area contributed by atoms with Crippen LogP contribution in [0.2, 0.25) is 0 Å². The summed E-state index contributed by atoms with van der Waals surface area (Å²) in [6, 6.07) is 69.6. The first-order valence-electron chi connectivity index (χ1n) is 19.1. The summed E-state index contributed by atoms with van der Waals surface area (Å²) in [5, 5.41) is 9.55. The third kappa shape index (κ3) is 4.53.